The molecule has 8 heteroatoms. The van der Waals surface area contributed by atoms with E-state index < -0.39 is 38.9 Å². The van der Waals surface area contributed by atoms with Crippen LogP contribution in [0, 0.1) is 0 Å². The summed E-state index contributed by atoms with van der Waals surface area (Å²) in [5, 5.41) is 29.2. The van der Waals surface area contributed by atoms with Gasteiger partial charge < -0.3 is 35.6 Å². The highest BCUT2D eigenvalue weighted by molar-refractivity contribution is 7.45. The second kappa shape index (κ2) is 7.67. The lowest BCUT2D eigenvalue weighted by atomic mass is 9.91. The highest BCUT2D eigenvalue weighted by atomic mass is 31.2. The molecule has 0 spiro atoms. The summed E-state index contributed by atoms with van der Waals surface area (Å²) >= 11 is 0. The zero-order valence-corrected chi connectivity index (χ0v) is 11.0. The van der Waals surface area contributed by atoms with E-state index in [1.807, 2.05) is 0 Å². The smallest absolute Gasteiger partial charge is 0.165 e. The van der Waals surface area contributed by atoms with Crippen LogP contribution in [0.4, 0.5) is 0 Å². The topological polar surface area (TPSA) is 136 Å². The van der Waals surface area contributed by atoms with Crippen LogP contribution >= 0.6 is 8.38 Å². The van der Waals surface area contributed by atoms with Crippen LogP contribution in [0.15, 0.2) is 0 Å². The van der Waals surface area contributed by atoms with E-state index in [0.29, 0.717) is 19.4 Å². The average Bonchev–Trinajstić information content (AvgIpc) is 2.34. The van der Waals surface area contributed by atoms with Crippen molar-refractivity contribution in [3.63, 3.8) is 0 Å². The second-order valence-electron chi connectivity index (χ2n) is 4.50. The maximum atomic E-state index is 9.76. The van der Waals surface area contributed by atoms with Crippen LogP contribution in [0.3, 0.4) is 0 Å². The van der Waals surface area contributed by atoms with Gasteiger partial charge in [-0.1, -0.05) is 0 Å². The summed E-state index contributed by atoms with van der Waals surface area (Å²) < 4.78 is 5.51. The normalized spacial score (nSPS) is 37.2. The Bertz CT molecular complexity index is 244. The van der Waals surface area contributed by atoms with Gasteiger partial charge in [0.05, 0.1) is 12.2 Å². The molecular formula is C10H22NO6P. The third kappa shape index (κ3) is 4.36. The predicted molar refractivity (Wildman–Crippen MR) is 65.8 cm³/mol. The lowest BCUT2D eigenvalue weighted by molar-refractivity contribution is -0.223. The molecule has 1 aliphatic heterocycles. The van der Waals surface area contributed by atoms with Crippen molar-refractivity contribution in [2.24, 2.45) is 5.73 Å². The summed E-state index contributed by atoms with van der Waals surface area (Å²) in [5.74, 6) is 0. The van der Waals surface area contributed by atoms with Crippen LogP contribution in [-0.4, -0.2) is 68.3 Å². The van der Waals surface area contributed by atoms with Gasteiger partial charge >= 0.3 is 0 Å². The molecule has 0 aromatic rings. The first kappa shape index (κ1) is 16.2. The molecule has 1 rings (SSSR count). The van der Waals surface area contributed by atoms with Gasteiger partial charge in [-0.05, 0) is 25.8 Å². The Morgan fingerprint density at radius 1 is 0.944 bits per heavy atom. The quantitative estimate of drug-likeness (QED) is 0.318. The van der Waals surface area contributed by atoms with Crippen molar-refractivity contribution in [2.45, 2.75) is 49.8 Å². The molecule has 0 aromatic heterocycles. The van der Waals surface area contributed by atoms with Crippen molar-refractivity contribution in [1.29, 1.82) is 0 Å². The lowest BCUT2D eigenvalue weighted by Crippen LogP contribution is -2.57. The van der Waals surface area contributed by atoms with Crippen molar-refractivity contribution in [2.75, 3.05) is 12.7 Å². The van der Waals surface area contributed by atoms with E-state index in [-0.39, 0.29) is 12.6 Å². The number of aliphatic hydroxyl groups is 3. The number of aliphatic hydroxyl groups excluding tert-OH is 3. The summed E-state index contributed by atoms with van der Waals surface area (Å²) in [6.07, 6.45) is -3.47. The van der Waals surface area contributed by atoms with Gasteiger partial charge in [0.1, 0.15) is 18.3 Å². The fourth-order valence-corrected chi connectivity index (χ4v) is 2.55. The van der Waals surface area contributed by atoms with E-state index >= 15 is 0 Å². The van der Waals surface area contributed by atoms with Crippen LogP contribution in [0.5, 0.6) is 0 Å². The van der Waals surface area contributed by atoms with E-state index in [9.17, 15) is 15.3 Å². The van der Waals surface area contributed by atoms with Gasteiger partial charge in [0, 0.05) is 6.16 Å². The molecule has 1 aliphatic rings. The first-order valence-corrected chi connectivity index (χ1v) is 7.45. The monoisotopic (exact) mass is 283 g/mol. The van der Waals surface area contributed by atoms with Gasteiger partial charge in [0.15, 0.2) is 8.38 Å². The molecular weight excluding hydrogens is 261 g/mol. The molecule has 0 radical (unpaired) electrons. The summed E-state index contributed by atoms with van der Waals surface area (Å²) in [4.78, 5) is 17.7. The number of hydrogen-bond acceptors (Lipinski definition) is 7. The molecule has 0 saturated carbocycles. The molecule has 3 unspecified atom stereocenters. The third-order valence-corrected chi connectivity index (χ3v) is 3.78. The van der Waals surface area contributed by atoms with E-state index in [0.717, 1.165) is 0 Å². The molecule has 1 heterocycles. The number of ether oxygens (including phenoxy) is 1. The molecule has 5 atom stereocenters. The zero-order chi connectivity index (χ0) is 13.7. The van der Waals surface area contributed by atoms with Gasteiger partial charge in [-0.25, -0.2) is 0 Å². The van der Waals surface area contributed by atoms with Crippen molar-refractivity contribution in [3.8, 4) is 0 Å². The Balaban J connectivity index is 2.56. The standard InChI is InChI=1S/C10H22NO6P/c11-4-1-2-6-8(12)10(14)9(13)7(17-6)3-5-18(15)16/h6-10,12-16H,1-5,11H2/t6-,7?,8?,9-,10?/m1/s1. The first-order chi connectivity index (χ1) is 8.47. The molecule has 0 aliphatic carbocycles. The molecule has 108 valence electrons. The molecule has 18 heavy (non-hydrogen) atoms. The Labute approximate surface area is 107 Å². The minimum Gasteiger partial charge on any atom is -0.388 e. The summed E-state index contributed by atoms with van der Waals surface area (Å²) in [6.45, 7) is 0.453. The largest absolute Gasteiger partial charge is 0.388 e. The highest BCUT2D eigenvalue weighted by Gasteiger charge is 2.42. The van der Waals surface area contributed by atoms with E-state index in [4.69, 9.17) is 20.3 Å². The Morgan fingerprint density at radius 3 is 2.00 bits per heavy atom. The van der Waals surface area contributed by atoms with Gasteiger partial charge in [0.25, 0.3) is 0 Å². The molecule has 0 amide bonds. The van der Waals surface area contributed by atoms with Crippen molar-refractivity contribution in [1.82, 2.24) is 0 Å². The minimum atomic E-state index is -2.05. The van der Waals surface area contributed by atoms with E-state index in [1.165, 1.54) is 0 Å². The molecule has 7 N–H and O–H groups in total. The lowest BCUT2D eigenvalue weighted by Gasteiger charge is -2.41. The van der Waals surface area contributed by atoms with Gasteiger partial charge in [0.2, 0.25) is 0 Å². The Hall–Kier alpha value is 0.150. The van der Waals surface area contributed by atoms with E-state index in [1.54, 1.807) is 0 Å². The fraction of sp³-hybridized carbons (Fsp3) is 1.00. The highest BCUT2D eigenvalue weighted by Crippen LogP contribution is 2.30. The third-order valence-electron chi connectivity index (χ3n) is 3.12. The first-order valence-electron chi connectivity index (χ1n) is 6.02. The summed E-state index contributed by atoms with van der Waals surface area (Å²) in [5.41, 5.74) is 5.37. The second-order valence-corrected chi connectivity index (χ2v) is 5.69. The number of nitrogens with two attached hydrogens (primary N) is 1. The SMILES string of the molecule is NCCC[C@H]1OC(CCP(O)O)[C@@H](O)C(O)C1O. The van der Waals surface area contributed by atoms with Gasteiger partial charge in [-0.15, -0.1) is 0 Å². The van der Waals surface area contributed by atoms with Crippen LogP contribution in [0.2, 0.25) is 0 Å². The van der Waals surface area contributed by atoms with Crippen LogP contribution in [0.25, 0.3) is 0 Å². The maximum Gasteiger partial charge on any atom is 0.165 e. The van der Waals surface area contributed by atoms with E-state index in [2.05, 4.69) is 0 Å². The van der Waals surface area contributed by atoms with Crippen LogP contribution < -0.4 is 5.73 Å². The van der Waals surface area contributed by atoms with Crippen LogP contribution in [0.1, 0.15) is 19.3 Å². The summed E-state index contributed by atoms with van der Waals surface area (Å²) in [7, 11) is -2.05. The fourth-order valence-electron chi connectivity index (χ4n) is 2.07. The molecule has 0 aromatic carbocycles. The van der Waals surface area contributed by atoms with Crippen LogP contribution in [-0.2, 0) is 4.74 Å². The molecule has 0 bridgehead atoms. The Kier molecular flexibility index (Phi) is 6.90. The molecule has 1 fully saturated rings. The number of hydrogen-bond donors (Lipinski definition) is 6. The molecule has 1 saturated heterocycles. The zero-order valence-electron chi connectivity index (χ0n) is 10.1. The maximum absolute atomic E-state index is 9.76. The van der Waals surface area contributed by atoms with Gasteiger partial charge in [-0.2, -0.15) is 0 Å². The van der Waals surface area contributed by atoms with Gasteiger partial charge in [-0.3, -0.25) is 0 Å². The van der Waals surface area contributed by atoms with Crippen molar-refractivity contribution < 1.29 is 29.8 Å². The average molecular weight is 283 g/mol. The summed E-state index contributed by atoms with van der Waals surface area (Å²) in [6, 6.07) is 0. The predicted octanol–water partition coefficient (Wildman–Crippen LogP) is -1.74. The van der Waals surface area contributed by atoms with Crippen molar-refractivity contribution >= 4 is 8.38 Å². The minimum absolute atomic E-state index is 0.101. The number of rotatable bonds is 6. The molecule has 7 nitrogen and oxygen atoms in total. The van der Waals surface area contributed by atoms with Crippen molar-refractivity contribution in [3.05, 3.63) is 0 Å². The Morgan fingerprint density at radius 2 is 1.50 bits per heavy atom.